The van der Waals surface area contributed by atoms with E-state index >= 15 is 0 Å². The molecule has 0 aromatic heterocycles. The lowest BCUT2D eigenvalue weighted by molar-refractivity contribution is -0.119. The zero-order valence-electron chi connectivity index (χ0n) is 20.5. The lowest BCUT2D eigenvalue weighted by atomic mass is 9.48. The van der Waals surface area contributed by atoms with Crippen LogP contribution in [0, 0.1) is 17.8 Å². The van der Waals surface area contributed by atoms with Crippen LogP contribution in [0.1, 0.15) is 49.7 Å². The smallest absolute Gasteiger partial charge is 0.240 e. The van der Waals surface area contributed by atoms with Crippen molar-refractivity contribution in [3.05, 3.63) is 65.7 Å². The van der Waals surface area contributed by atoms with Crippen molar-refractivity contribution in [2.75, 3.05) is 30.3 Å². The van der Waals surface area contributed by atoms with E-state index in [9.17, 15) is 13.2 Å². The van der Waals surface area contributed by atoms with Gasteiger partial charge in [0.05, 0.1) is 25.2 Å². The summed E-state index contributed by atoms with van der Waals surface area (Å²) in [5.41, 5.74) is 3.21. The molecule has 1 N–H and O–H groups in total. The SMILES string of the molecule is CS(=O)(=O)N(CC(=O)NCCOCc1ccccc1)c1ccc(C23CC4CC(CC(C4)C2)C3)cc1. The number of sulfonamides is 1. The van der Waals surface area contributed by atoms with Crippen LogP contribution >= 0.6 is 0 Å². The van der Waals surface area contributed by atoms with Crippen LogP contribution in [0.15, 0.2) is 54.6 Å². The van der Waals surface area contributed by atoms with Crippen molar-refractivity contribution in [1.29, 1.82) is 0 Å². The Morgan fingerprint density at radius 1 is 0.971 bits per heavy atom. The van der Waals surface area contributed by atoms with E-state index in [1.165, 1.54) is 48.4 Å². The molecule has 4 bridgehead atoms. The number of carbonyl (C=O) groups excluding carboxylic acids is 1. The Hall–Kier alpha value is -2.38. The maximum Gasteiger partial charge on any atom is 0.240 e. The molecule has 0 radical (unpaired) electrons. The molecule has 6 nitrogen and oxygen atoms in total. The minimum absolute atomic E-state index is 0.242. The summed E-state index contributed by atoms with van der Waals surface area (Å²) in [6.45, 7) is 0.921. The van der Waals surface area contributed by atoms with Gasteiger partial charge >= 0.3 is 0 Å². The molecule has 1 amide bonds. The monoisotopic (exact) mass is 496 g/mol. The van der Waals surface area contributed by atoms with Crippen molar-refractivity contribution in [2.45, 2.75) is 50.5 Å². The van der Waals surface area contributed by atoms with E-state index in [0.29, 0.717) is 25.4 Å². The second kappa shape index (κ2) is 9.94. The van der Waals surface area contributed by atoms with Gasteiger partial charge in [0.15, 0.2) is 0 Å². The number of anilines is 1. The fourth-order valence-electron chi connectivity index (χ4n) is 7.06. The summed E-state index contributed by atoms with van der Waals surface area (Å²) in [5, 5.41) is 2.77. The first-order valence-electron chi connectivity index (χ1n) is 12.8. The highest BCUT2D eigenvalue weighted by Gasteiger charge is 2.51. The molecule has 7 heteroatoms. The van der Waals surface area contributed by atoms with Crippen molar-refractivity contribution < 1.29 is 17.9 Å². The summed E-state index contributed by atoms with van der Waals surface area (Å²) < 4.78 is 31.8. The minimum Gasteiger partial charge on any atom is -0.375 e. The first kappa shape index (κ1) is 24.3. The third-order valence-corrected chi connectivity index (χ3v) is 9.31. The highest BCUT2D eigenvalue weighted by Crippen LogP contribution is 2.60. The minimum atomic E-state index is -3.60. The van der Waals surface area contributed by atoms with Gasteiger partial charge in [0.25, 0.3) is 0 Å². The first-order valence-corrected chi connectivity index (χ1v) is 14.6. The molecule has 4 saturated carbocycles. The number of ether oxygens (including phenoxy) is 1. The lowest BCUT2D eigenvalue weighted by Gasteiger charge is -2.57. The molecule has 0 heterocycles. The number of carbonyl (C=O) groups is 1. The number of benzene rings is 2. The molecular weight excluding hydrogens is 460 g/mol. The van der Waals surface area contributed by atoms with E-state index in [1.807, 2.05) is 42.5 Å². The molecule has 0 spiro atoms. The van der Waals surface area contributed by atoms with Crippen LogP contribution in [0.25, 0.3) is 0 Å². The molecule has 2 aromatic rings. The van der Waals surface area contributed by atoms with E-state index in [2.05, 4.69) is 17.4 Å². The number of amides is 1. The summed E-state index contributed by atoms with van der Waals surface area (Å²) >= 11 is 0. The average molecular weight is 497 g/mol. The molecule has 0 saturated heterocycles. The Kier molecular flexibility index (Phi) is 6.91. The quantitative estimate of drug-likeness (QED) is 0.499. The van der Waals surface area contributed by atoms with Crippen molar-refractivity contribution in [2.24, 2.45) is 17.8 Å². The van der Waals surface area contributed by atoms with Crippen LogP contribution in [-0.4, -0.2) is 40.3 Å². The molecule has 0 unspecified atom stereocenters. The van der Waals surface area contributed by atoms with Crippen LogP contribution in [-0.2, 0) is 31.6 Å². The lowest BCUT2D eigenvalue weighted by Crippen LogP contribution is -2.48. The van der Waals surface area contributed by atoms with Crippen LogP contribution < -0.4 is 9.62 Å². The maximum atomic E-state index is 12.5. The Bertz CT molecular complexity index is 1100. The first-order chi connectivity index (χ1) is 16.8. The van der Waals surface area contributed by atoms with Crippen LogP contribution in [0.2, 0.25) is 0 Å². The molecule has 35 heavy (non-hydrogen) atoms. The molecule has 4 fully saturated rings. The van der Waals surface area contributed by atoms with Crippen LogP contribution in [0.3, 0.4) is 0 Å². The van der Waals surface area contributed by atoms with Crippen molar-refractivity contribution in [3.63, 3.8) is 0 Å². The van der Waals surface area contributed by atoms with Gasteiger partial charge in [0.2, 0.25) is 15.9 Å². The molecule has 6 rings (SSSR count). The average Bonchev–Trinajstić information content (AvgIpc) is 2.82. The number of hydrogen-bond donors (Lipinski definition) is 1. The normalized spacial score (nSPS) is 27.1. The van der Waals surface area contributed by atoms with Gasteiger partial charge in [-0.25, -0.2) is 8.42 Å². The van der Waals surface area contributed by atoms with E-state index in [0.717, 1.165) is 29.6 Å². The van der Waals surface area contributed by atoms with Gasteiger partial charge < -0.3 is 10.1 Å². The number of nitrogens with zero attached hydrogens (tertiary/aromatic N) is 1. The van der Waals surface area contributed by atoms with Crippen LogP contribution in [0.5, 0.6) is 0 Å². The molecule has 0 atom stereocenters. The van der Waals surface area contributed by atoms with Crippen LogP contribution in [0.4, 0.5) is 5.69 Å². The standard InChI is InChI=1S/C28H36N2O4S/c1-35(32,33)30(19-27(31)29-11-12-34-20-21-5-3-2-4-6-21)26-9-7-25(8-10-26)28-16-22-13-23(17-28)15-24(14-22)18-28/h2-10,22-24H,11-20H2,1H3,(H,29,31). The van der Waals surface area contributed by atoms with E-state index < -0.39 is 10.0 Å². The van der Waals surface area contributed by atoms with Crippen molar-refractivity contribution in [1.82, 2.24) is 5.32 Å². The highest BCUT2D eigenvalue weighted by atomic mass is 32.2. The zero-order chi connectivity index (χ0) is 24.5. The third kappa shape index (κ3) is 5.56. The maximum absolute atomic E-state index is 12.5. The van der Waals surface area contributed by atoms with Gasteiger partial charge in [-0.05, 0) is 85.0 Å². The van der Waals surface area contributed by atoms with Gasteiger partial charge in [-0.3, -0.25) is 9.10 Å². The van der Waals surface area contributed by atoms with Gasteiger partial charge in [-0.15, -0.1) is 0 Å². The van der Waals surface area contributed by atoms with Crippen molar-refractivity contribution >= 4 is 21.6 Å². The van der Waals surface area contributed by atoms with Gasteiger partial charge in [-0.1, -0.05) is 42.5 Å². The molecule has 188 valence electrons. The summed E-state index contributed by atoms with van der Waals surface area (Å²) in [7, 11) is -3.60. The largest absolute Gasteiger partial charge is 0.375 e. The third-order valence-electron chi connectivity index (χ3n) is 8.17. The number of hydrogen-bond acceptors (Lipinski definition) is 4. The fraction of sp³-hybridized carbons (Fsp3) is 0.536. The Labute approximate surface area is 209 Å². The molecule has 4 aliphatic rings. The Balaban J connectivity index is 1.18. The summed E-state index contributed by atoms with van der Waals surface area (Å²) in [6.07, 6.45) is 9.13. The predicted octanol–water partition coefficient (Wildman–Crippen LogP) is 4.25. The molecular formula is C28H36N2O4S. The predicted molar refractivity (Wildman–Crippen MR) is 138 cm³/mol. The molecule has 4 aliphatic carbocycles. The zero-order valence-corrected chi connectivity index (χ0v) is 21.3. The molecule has 0 aliphatic heterocycles. The number of rotatable bonds is 10. The van der Waals surface area contributed by atoms with E-state index in [1.54, 1.807) is 0 Å². The second-order valence-corrected chi connectivity index (χ2v) is 12.8. The number of nitrogens with one attached hydrogen (secondary N) is 1. The summed E-state index contributed by atoms with van der Waals surface area (Å²) in [6, 6.07) is 17.8. The highest BCUT2D eigenvalue weighted by molar-refractivity contribution is 7.92. The molecule has 2 aromatic carbocycles. The van der Waals surface area contributed by atoms with Gasteiger partial charge in [0.1, 0.15) is 6.54 Å². The van der Waals surface area contributed by atoms with Gasteiger partial charge in [-0.2, -0.15) is 0 Å². The summed E-state index contributed by atoms with van der Waals surface area (Å²) in [5.74, 6) is 2.22. The second-order valence-electron chi connectivity index (χ2n) is 10.9. The van der Waals surface area contributed by atoms with Crippen molar-refractivity contribution in [3.8, 4) is 0 Å². The van der Waals surface area contributed by atoms with E-state index in [4.69, 9.17) is 4.74 Å². The van der Waals surface area contributed by atoms with Gasteiger partial charge in [0, 0.05) is 6.54 Å². The Morgan fingerprint density at radius 2 is 1.57 bits per heavy atom. The topological polar surface area (TPSA) is 75.7 Å². The van der Waals surface area contributed by atoms with E-state index in [-0.39, 0.29) is 17.9 Å². The summed E-state index contributed by atoms with van der Waals surface area (Å²) in [4.78, 5) is 12.5. The Morgan fingerprint density at radius 3 is 2.14 bits per heavy atom. The fourth-order valence-corrected chi connectivity index (χ4v) is 7.92.